The lowest BCUT2D eigenvalue weighted by molar-refractivity contribution is 0.0750. The van der Waals surface area contributed by atoms with Gasteiger partial charge in [0.1, 0.15) is 5.82 Å². The standard InChI is InChI=1S/C13H14BrFO/c14-11-6-10(7-12(15)8-11)9-13(16)4-2-1-3-5-13/h2,4,6-8,16H,1,3,5,9H2. The summed E-state index contributed by atoms with van der Waals surface area (Å²) in [6, 6.07) is 4.75. The molecule has 2 rings (SSSR count). The van der Waals surface area contributed by atoms with Crippen molar-refractivity contribution in [3.63, 3.8) is 0 Å². The first-order valence-electron chi connectivity index (χ1n) is 5.42. The van der Waals surface area contributed by atoms with Gasteiger partial charge in [0.25, 0.3) is 0 Å². The quantitative estimate of drug-likeness (QED) is 0.823. The molecule has 0 saturated heterocycles. The molecule has 0 spiro atoms. The average molecular weight is 285 g/mol. The molecule has 1 aliphatic carbocycles. The summed E-state index contributed by atoms with van der Waals surface area (Å²) >= 11 is 3.26. The van der Waals surface area contributed by atoms with Crippen LogP contribution < -0.4 is 0 Å². The number of aliphatic hydroxyl groups is 1. The highest BCUT2D eigenvalue weighted by Gasteiger charge is 2.25. The van der Waals surface area contributed by atoms with Crippen LogP contribution in [0.1, 0.15) is 24.8 Å². The Morgan fingerprint density at radius 3 is 2.81 bits per heavy atom. The lowest BCUT2D eigenvalue weighted by Gasteiger charge is -2.27. The van der Waals surface area contributed by atoms with Crippen LogP contribution in [0.3, 0.4) is 0 Å². The second kappa shape index (κ2) is 4.68. The van der Waals surface area contributed by atoms with Crippen LogP contribution in [-0.4, -0.2) is 10.7 Å². The fourth-order valence-electron chi connectivity index (χ4n) is 2.13. The minimum absolute atomic E-state index is 0.271. The third-order valence-electron chi connectivity index (χ3n) is 2.84. The van der Waals surface area contributed by atoms with E-state index in [1.165, 1.54) is 12.1 Å². The fraction of sp³-hybridized carbons (Fsp3) is 0.385. The van der Waals surface area contributed by atoms with Crippen LogP contribution in [-0.2, 0) is 6.42 Å². The van der Waals surface area contributed by atoms with Crippen molar-refractivity contribution < 1.29 is 9.50 Å². The Labute approximate surface area is 103 Å². The van der Waals surface area contributed by atoms with Gasteiger partial charge in [-0.3, -0.25) is 0 Å². The molecule has 3 heteroatoms. The zero-order valence-electron chi connectivity index (χ0n) is 8.92. The number of rotatable bonds is 2. The summed E-state index contributed by atoms with van der Waals surface area (Å²) in [6.45, 7) is 0. The molecule has 0 aliphatic heterocycles. The maximum absolute atomic E-state index is 13.2. The van der Waals surface area contributed by atoms with Gasteiger partial charge in [-0.05, 0) is 43.0 Å². The molecule has 0 amide bonds. The number of hydrogen-bond acceptors (Lipinski definition) is 1. The van der Waals surface area contributed by atoms with E-state index in [0.717, 1.165) is 24.8 Å². The lowest BCUT2D eigenvalue weighted by Crippen LogP contribution is -2.30. The van der Waals surface area contributed by atoms with Gasteiger partial charge < -0.3 is 5.11 Å². The van der Waals surface area contributed by atoms with E-state index in [9.17, 15) is 9.50 Å². The van der Waals surface area contributed by atoms with Gasteiger partial charge in [0.15, 0.2) is 0 Å². The van der Waals surface area contributed by atoms with Gasteiger partial charge in [-0.15, -0.1) is 0 Å². The Morgan fingerprint density at radius 2 is 2.19 bits per heavy atom. The van der Waals surface area contributed by atoms with Crippen molar-refractivity contribution in [1.82, 2.24) is 0 Å². The topological polar surface area (TPSA) is 20.2 Å². The normalized spacial score (nSPS) is 24.7. The van der Waals surface area contributed by atoms with E-state index in [1.54, 1.807) is 0 Å². The van der Waals surface area contributed by atoms with E-state index >= 15 is 0 Å². The molecule has 0 aromatic heterocycles. The molecule has 0 fully saturated rings. The zero-order valence-corrected chi connectivity index (χ0v) is 10.5. The van der Waals surface area contributed by atoms with E-state index in [1.807, 2.05) is 18.2 Å². The summed E-state index contributed by atoms with van der Waals surface area (Å²) in [7, 11) is 0. The Hall–Kier alpha value is -0.670. The number of allylic oxidation sites excluding steroid dienone is 1. The molecular formula is C13H14BrFO. The summed E-state index contributed by atoms with van der Waals surface area (Å²) in [5.74, 6) is -0.271. The summed E-state index contributed by atoms with van der Waals surface area (Å²) < 4.78 is 13.9. The highest BCUT2D eigenvalue weighted by atomic mass is 79.9. The fourth-order valence-corrected chi connectivity index (χ4v) is 2.64. The van der Waals surface area contributed by atoms with Gasteiger partial charge in [-0.2, -0.15) is 0 Å². The molecule has 1 aliphatic rings. The summed E-state index contributed by atoms with van der Waals surface area (Å²) in [5, 5.41) is 10.3. The molecular weight excluding hydrogens is 271 g/mol. The number of benzene rings is 1. The molecule has 1 atom stereocenters. The van der Waals surface area contributed by atoms with E-state index in [2.05, 4.69) is 15.9 Å². The number of halogens is 2. The van der Waals surface area contributed by atoms with Crippen molar-refractivity contribution in [3.8, 4) is 0 Å². The molecule has 86 valence electrons. The van der Waals surface area contributed by atoms with Crippen LogP contribution in [0.25, 0.3) is 0 Å². The zero-order chi connectivity index (χ0) is 11.6. The molecule has 0 saturated carbocycles. The minimum Gasteiger partial charge on any atom is -0.385 e. The van der Waals surface area contributed by atoms with Crippen LogP contribution >= 0.6 is 15.9 Å². The first kappa shape index (κ1) is 11.8. The Morgan fingerprint density at radius 1 is 1.38 bits per heavy atom. The molecule has 1 aromatic carbocycles. The van der Waals surface area contributed by atoms with E-state index in [4.69, 9.17) is 0 Å². The largest absolute Gasteiger partial charge is 0.385 e. The van der Waals surface area contributed by atoms with E-state index < -0.39 is 5.60 Å². The smallest absolute Gasteiger partial charge is 0.124 e. The van der Waals surface area contributed by atoms with Gasteiger partial charge in [-0.1, -0.05) is 28.1 Å². The monoisotopic (exact) mass is 284 g/mol. The van der Waals surface area contributed by atoms with Gasteiger partial charge in [-0.25, -0.2) is 4.39 Å². The number of hydrogen-bond donors (Lipinski definition) is 1. The highest BCUT2D eigenvalue weighted by Crippen LogP contribution is 2.27. The van der Waals surface area contributed by atoms with Crippen molar-refractivity contribution >= 4 is 15.9 Å². The maximum Gasteiger partial charge on any atom is 0.124 e. The summed E-state index contributed by atoms with van der Waals surface area (Å²) in [5.41, 5.74) is 0.0202. The molecule has 0 radical (unpaired) electrons. The molecule has 0 heterocycles. The maximum atomic E-state index is 13.2. The third kappa shape index (κ3) is 2.92. The second-order valence-electron chi connectivity index (χ2n) is 4.35. The summed E-state index contributed by atoms with van der Waals surface area (Å²) in [4.78, 5) is 0. The van der Waals surface area contributed by atoms with Gasteiger partial charge in [0, 0.05) is 10.9 Å². The highest BCUT2D eigenvalue weighted by molar-refractivity contribution is 9.10. The van der Waals surface area contributed by atoms with Gasteiger partial charge >= 0.3 is 0 Å². The van der Waals surface area contributed by atoms with Crippen LogP contribution in [0, 0.1) is 5.82 Å². The van der Waals surface area contributed by atoms with E-state index in [-0.39, 0.29) is 5.82 Å². The van der Waals surface area contributed by atoms with Gasteiger partial charge in [0.2, 0.25) is 0 Å². The van der Waals surface area contributed by atoms with E-state index in [0.29, 0.717) is 10.9 Å². The van der Waals surface area contributed by atoms with Crippen LogP contribution in [0.5, 0.6) is 0 Å². The lowest BCUT2D eigenvalue weighted by atomic mass is 9.85. The van der Waals surface area contributed by atoms with Crippen molar-refractivity contribution in [3.05, 3.63) is 46.2 Å². The van der Waals surface area contributed by atoms with Gasteiger partial charge in [0.05, 0.1) is 5.60 Å². The Kier molecular flexibility index (Phi) is 3.45. The molecule has 1 unspecified atom stereocenters. The van der Waals surface area contributed by atoms with Crippen LogP contribution in [0.2, 0.25) is 0 Å². The predicted octanol–water partition coefficient (Wildman–Crippen LogP) is 3.60. The first-order valence-corrected chi connectivity index (χ1v) is 6.22. The molecule has 16 heavy (non-hydrogen) atoms. The predicted molar refractivity (Wildman–Crippen MR) is 65.7 cm³/mol. The Balaban J connectivity index is 2.19. The van der Waals surface area contributed by atoms with Crippen molar-refractivity contribution in [2.75, 3.05) is 0 Å². The molecule has 1 nitrogen and oxygen atoms in total. The second-order valence-corrected chi connectivity index (χ2v) is 5.27. The molecule has 1 N–H and O–H groups in total. The third-order valence-corrected chi connectivity index (χ3v) is 3.30. The van der Waals surface area contributed by atoms with Crippen LogP contribution in [0.15, 0.2) is 34.8 Å². The van der Waals surface area contributed by atoms with Crippen LogP contribution in [0.4, 0.5) is 4.39 Å². The van der Waals surface area contributed by atoms with Crippen molar-refractivity contribution in [1.29, 1.82) is 0 Å². The molecule has 1 aromatic rings. The van der Waals surface area contributed by atoms with Crippen molar-refractivity contribution in [2.24, 2.45) is 0 Å². The van der Waals surface area contributed by atoms with Crippen molar-refractivity contribution in [2.45, 2.75) is 31.3 Å². The summed E-state index contributed by atoms with van der Waals surface area (Å²) in [6.07, 6.45) is 7.07. The SMILES string of the molecule is OC1(Cc2cc(F)cc(Br)c2)C=CCCC1. The average Bonchev–Trinajstić information content (AvgIpc) is 2.15. The minimum atomic E-state index is -0.800. The Bertz CT molecular complexity index is 396. The molecule has 0 bridgehead atoms. The first-order chi connectivity index (χ1) is 7.57.